The number of fused-ring (bicyclic) bond motifs is 2. The number of carbonyl (C=O) groups excluding carboxylic acids is 1. The molecule has 0 bridgehead atoms. The molecule has 3 heterocycles. The predicted octanol–water partition coefficient (Wildman–Crippen LogP) is 6.24. The minimum Gasteiger partial charge on any atom is -0.331 e. The highest BCUT2D eigenvalue weighted by molar-refractivity contribution is 7.18. The number of amides is 1. The fraction of sp³-hybridized carbons (Fsp3) is 0.280. The smallest absolute Gasteiger partial charge is 0.223 e. The van der Waals surface area contributed by atoms with Crippen molar-refractivity contribution in [1.29, 1.82) is 0 Å². The van der Waals surface area contributed by atoms with E-state index in [0.717, 1.165) is 37.7 Å². The number of unbranched alkanes of at least 4 members (excludes halogenated alkanes) is 1. The third-order valence-corrected chi connectivity index (χ3v) is 7.86. The number of thiazole rings is 1. The molecule has 0 spiro atoms. The maximum atomic E-state index is 13.2. The summed E-state index contributed by atoms with van der Waals surface area (Å²) in [5.41, 5.74) is 3.60. The zero-order valence-corrected chi connectivity index (χ0v) is 18.4. The van der Waals surface area contributed by atoms with E-state index in [1.165, 1.54) is 25.7 Å². The van der Waals surface area contributed by atoms with Gasteiger partial charge in [0.1, 0.15) is 0 Å². The fourth-order valence-electron chi connectivity index (χ4n) is 4.30. The van der Waals surface area contributed by atoms with Gasteiger partial charge in [-0.1, -0.05) is 42.5 Å². The Hall–Kier alpha value is -2.50. The van der Waals surface area contributed by atoms with E-state index in [4.69, 9.17) is 4.98 Å². The van der Waals surface area contributed by atoms with Gasteiger partial charge in [-0.15, -0.1) is 22.7 Å². The van der Waals surface area contributed by atoms with E-state index in [0.29, 0.717) is 6.42 Å². The molecule has 0 aliphatic carbocycles. The van der Waals surface area contributed by atoms with E-state index in [1.807, 2.05) is 23.5 Å². The van der Waals surface area contributed by atoms with Crippen molar-refractivity contribution in [2.24, 2.45) is 0 Å². The Balaban J connectivity index is 1.23. The molecule has 0 radical (unpaired) electrons. The maximum Gasteiger partial charge on any atom is 0.223 e. The van der Waals surface area contributed by atoms with Crippen LogP contribution in [0.2, 0.25) is 0 Å². The van der Waals surface area contributed by atoms with Crippen LogP contribution in [-0.2, 0) is 17.6 Å². The first kappa shape index (κ1) is 19.5. The second-order valence-corrected chi connectivity index (χ2v) is 9.85. The molecular weight excluding hydrogens is 408 g/mol. The van der Waals surface area contributed by atoms with Gasteiger partial charge in [0, 0.05) is 17.8 Å². The molecule has 1 unspecified atom stereocenters. The van der Waals surface area contributed by atoms with Crippen molar-refractivity contribution in [1.82, 2.24) is 9.88 Å². The van der Waals surface area contributed by atoms with Gasteiger partial charge in [0.2, 0.25) is 5.91 Å². The molecular formula is C25H24N2OS2. The molecule has 1 amide bonds. The van der Waals surface area contributed by atoms with Crippen LogP contribution in [0.25, 0.3) is 10.2 Å². The summed E-state index contributed by atoms with van der Waals surface area (Å²) in [7, 11) is 0. The lowest BCUT2D eigenvalue weighted by molar-refractivity contribution is -0.133. The highest BCUT2D eigenvalue weighted by Gasteiger charge is 2.32. The van der Waals surface area contributed by atoms with E-state index in [9.17, 15) is 4.79 Å². The Morgan fingerprint density at radius 3 is 2.73 bits per heavy atom. The second-order valence-electron chi connectivity index (χ2n) is 7.73. The summed E-state index contributed by atoms with van der Waals surface area (Å²) >= 11 is 3.58. The Bertz CT molecular complexity index is 1120. The molecule has 0 saturated heterocycles. The number of para-hydroxylation sites is 1. The lowest BCUT2D eigenvalue weighted by atomic mass is 9.93. The van der Waals surface area contributed by atoms with E-state index < -0.39 is 0 Å². The van der Waals surface area contributed by atoms with Crippen LogP contribution in [0.4, 0.5) is 0 Å². The van der Waals surface area contributed by atoms with Crippen molar-refractivity contribution in [2.45, 2.75) is 38.1 Å². The van der Waals surface area contributed by atoms with Crippen molar-refractivity contribution in [3.05, 3.63) is 87.1 Å². The number of carbonyl (C=O) groups is 1. The Morgan fingerprint density at radius 1 is 1.03 bits per heavy atom. The first-order valence-corrected chi connectivity index (χ1v) is 12.2. The third kappa shape index (κ3) is 3.92. The quantitative estimate of drug-likeness (QED) is 0.338. The van der Waals surface area contributed by atoms with Gasteiger partial charge < -0.3 is 4.90 Å². The van der Waals surface area contributed by atoms with Gasteiger partial charge in [0.25, 0.3) is 0 Å². The van der Waals surface area contributed by atoms with Gasteiger partial charge in [0.05, 0.1) is 21.3 Å². The van der Waals surface area contributed by atoms with E-state index in [2.05, 4.69) is 58.8 Å². The number of benzene rings is 2. The Kier molecular flexibility index (Phi) is 5.65. The fourth-order valence-corrected chi connectivity index (χ4v) is 6.22. The van der Waals surface area contributed by atoms with E-state index >= 15 is 0 Å². The van der Waals surface area contributed by atoms with Crippen LogP contribution in [-0.4, -0.2) is 22.3 Å². The Morgan fingerprint density at radius 2 is 1.87 bits per heavy atom. The van der Waals surface area contributed by atoms with Crippen LogP contribution < -0.4 is 0 Å². The van der Waals surface area contributed by atoms with Gasteiger partial charge in [-0.05, 0) is 60.4 Å². The SMILES string of the molecule is O=C(CCCCc1nc2ccccc2s1)N1CCc2sccc2C1c1ccccc1. The van der Waals surface area contributed by atoms with Gasteiger partial charge in [-0.25, -0.2) is 4.98 Å². The average molecular weight is 433 g/mol. The summed E-state index contributed by atoms with van der Waals surface area (Å²) in [6, 6.07) is 21.0. The number of thiophene rings is 1. The van der Waals surface area contributed by atoms with Gasteiger partial charge in [0.15, 0.2) is 0 Å². The summed E-state index contributed by atoms with van der Waals surface area (Å²) in [4.78, 5) is 21.4. The van der Waals surface area contributed by atoms with Crippen molar-refractivity contribution in [3.63, 3.8) is 0 Å². The molecule has 30 heavy (non-hydrogen) atoms. The monoisotopic (exact) mass is 432 g/mol. The number of aryl methyl sites for hydroxylation is 1. The molecule has 152 valence electrons. The summed E-state index contributed by atoms with van der Waals surface area (Å²) in [5.74, 6) is 0.269. The molecule has 3 nitrogen and oxygen atoms in total. The molecule has 5 heteroatoms. The minimum absolute atomic E-state index is 0.0537. The third-order valence-electron chi connectivity index (χ3n) is 5.77. The summed E-state index contributed by atoms with van der Waals surface area (Å²) in [6.07, 6.45) is 4.42. The molecule has 2 aromatic heterocycles. The highest BCUT2D eigenvalue weighted by Crippen LogP contribution is 2.38. The van der Waals surface area contributed by atoms with Crippen LogP contribution in [0.3, 0.4) is 0 Å². The predicted molar refractivity (Wildman–Crippen MR) is 125 cm³/mol. The second kappa shape index (κ2) is 8.70. The summed E-state index contributed by atoms with van der Waals surface area (Å²) in [5, 5.41) is 3.33. The van der Waals surface area contributed by atoms with Crippen molar-refractivity contribution in [2.75, 3.05) is 6.54 Å². The Labute approximate surface area is 185 Å². The average Bonchev–Trinajstić information content (AvgIpc) is 3.43. The molecule has 1 aliphatic rings. The molecule has 0 fully saturated rings. The summed E-state index contributed by atoms with van der Waals surface area (Å²) in [6.45, 7) is 0.809. The first-order valence-electron chi connectivity index (χ1n) is 10.5. The van der Waals surface area contributed by atoms with E-state index in [1.54, 1.807) is 11.3 Å². The number of nitrogens with zero attached hydrogens (tertiary/aromatic N) is 2. The lowest BCUT2D eigenvalue weighted by Crippen LogP contribution is -2.40. The molecule has 0 N–H and O–H groups in total. The zero-order valence-electron chi connectivity index (χ0n) is 16.8. The standard InChI is InChI=1S/C25H24N2OS2/c28-24(13-7-6-12-23-26-20-10-4-5-11-22(20)30-23)27-16-14-21-19(15-17-29-21)25(27)18-8-2-1-3-9-18/h1-5,8-11,15,17,25H,6-7,12-14,16H2. The van der Waals surface area contributed by atoms with Crippen molar-refractivity contribution < 1.29 is 4.79 Å². The maximum absolute atomic E-state index is 13.2. The zero-order chi connectivity index (χ0) is 20.3. The van der Waals surface area contributed by atoms with Crippen molar-refractivity contribution in [3.8, 4) is 0 Å². The van der Waals surface area contributed by atoms with Crippen LogP contribution in [0.15, 0.2) is 66.0 Å². The van der Waals surface area contributed by atoms with Crippen LogP contribution in [0, 0.1) is 0 Å². The molecule has 5 rings (SSSR count). The van der Waals surface area contributed by atoms with Crippen LogP contribution in [0.1, 0.15) is 46.3 Å². The van der Waals surface area contributed by atoms with Gasteiger partial charge >= 0.3 is 0 Å². The van der Waals surface area contributed by atoms with Crippen LogP contribution >= 0.6 is 22.7 Å². The number of aromatic nitrogens is 1. The van der Waals surface area contributed by atoms with Gasteiger partial charge in [-0.3, -0.25) is 4.79 Å². The molecule has 0 saturated carbocycles. The van der Waals surface area contributed by atoms with E-state index in [-0.39, 0.29) is 11.9 Å². The number of rotatable bonds is 6. The topological polar surface area (TPSA) is 33.2 Å². The van der Waals surface area contributed by atoms with Crippen molar-refractivity contribution >= 4 is 38.8 Å². The molecule has 1 aliphatic heterocycles. The number of hydrogen-bond donors (Lipinski definition) is 0. The molecule has 2 aromatic carbocycles. The largest absolute Gasteiger partial charge is 0.331 e. The normalized spacial score (nSPS) is 16.0. The summed E-state index contributed by atoms with van der Waals surface area (Å²) < 4.78 is 1.24. The van der Waals surface area contributed by atoms with Crippen LogP contribution in [0.5, 0.6) is 0 Å². The minimum atomic E-state index is 0.0537. The molecule has 4 aromatic rings. The number of hydrogen-bond acceptors (Lipinski definition) is 4. The highest BCUT2D eigenvalue weighted by atomic mass is 32.1. The lowest BCUT2D eigenvalue weighted by Gasteiger charge is -2.36. The molecule has 1 atom stereocenters. The van der Waals surface area contributed by atoms with Gasteiger partial charge in [-0.2, -0.15) is 0 Å². The first-order chi connectivity index (χ1) is 14.8.